The number of aromatic nitrogens is 2. The molecule has 2 N–H and O–H groups in total. The number of benzene rings is 2. The van der Waals surface area contributed by atoms with Crippen LogP contribution in [0.5, 0.6) is 0 Å². The van der Waals surface area contributed by atoms with Gasteiger partial charge in [0, 0.05) is 5.69 Å². The summed E-state index contributed by atoms with van der Waals surface area (Å²) < 4.78 is 18.3. The van der Waals surface area contributed by atoms with Crippen molar-refractivity contribution < 1.29 is 18.7 Å². The maximum Gasteiger partial charge on any atom is 0.337 e. The van der Waals surface area contributed by atoms with E-state index in [9.17, 15) is 14.0 Å². The minimum absolute atomic E-state index is 0.0344. The van der Waals surface area contributed by atoms with Crippen molar-refractivity contribution in [1.29, 1.82) is 0 Å². The molecule has 0 fully saturated rings. The first-order valence-corrected chi connectivity index (χ1v) is 7.90. The predicted octanol–water partition coefficient (Wildman–Crippen LogP) is 3.40. The van der Waals surface area contributed by atoms with Crippen molar-refractivity contribution in [2.75, 3.05) is 17.7 Å². The van der Waals surface area contributed by atoms with Crippen LogP contribution in [-0.4, -0.2) is 29.0 Å². The van der Waals surface area contributed by atoms with Crippen LogP contribution in [0, 0.1) is 5.82 Å². The van der Waals surface area contributed by atoms with Gasteiger partial charge in [0.15, 0.2) is 0 Å². The molecule has 3 aromatic rings. The third-order valence-corrected chi connectivity index (χ3v) is 3.56. The second-order valence-electron chi connectivity index (χ2n) is 5.42. The lowest BCUT2D eigenvalue weighted by Gasteiger charge is -2.08. The second kappa shape index (κ2) is 8.05. The largest absolute Gasteiger partial charge is 0.465 e. The second-order valence-corrected chi connectivity index (χ2v) is 5.42. The van der Waals surface area contributed by atoms with Crippen LogP contribution in [0.2, 0.25) is 0 Å². The van der Waals surface area contributed by atoms with Gasteiger partial charge in [-0.3, -0.25) is 4.79 Å². The molecule has 3 rings (SSSR count). The van der Waals surface area contributed by atoms with Gasteiger partial charge in [0.2, 0.25) is 0 Å². The summed E-state index contributed by atoms with van der Waals surface area (Å²) in [6.45, 7) is 0. The standard InChI is InChI=1S/C19H15FN4O3/c1-27-19(26)12-5-4-6-13(9-12)23-17-11-21-16(10-22-17)18(25)24-15-8-3-2-7-14(15)20/h2-11H,1H3,(H,22,23)(H,24,25). The SMILES string of the molecule is COC(=O)c1cccc(Nc2cnc(C(=O)Nc3ccccc3F)cn2)c1. The zero-order valence-corrected chi connectivity index (χ0v) is 14.3. The average Bonchev–Trinajstić information content (AvgIpc) is 2.70. The highest BCUT2D eigenvalue weighted by Gasteiger charge is 2.11. The summed E-state index contributed by atoms with van der Waals surface area (Å²) in [6.07, 6.45) is 2.63. The number of carbonyl (C=O) groups excluding carboxylic acids is 2. The van der Waals surface area contributed by atoms with Crippen molar-refractivity contribution >= 4 is 29.1 Å². The molecule has 136 valence electrons. The topological polar surface area (TPSA) is 93.2 Å². The molecular weight excluding hydrogens is 351 g/mol. The monoisotopic (exact) mass is 366 g/mol. The Morgan fingerprint density at radius 2 is 1.85 bits per heavy atom. The summed E-state index contributed by atoms with van der Waals surface area (Å²) in [4.78, 5) is 31.8. The number of anilines is 3. The van der Waals surface area contributed by atoms with Crippen LogP contribution >= 0.6 is 0 Å². The molecule has 0 saturated carbocycles. The fourth-order valence-electron chi connectivity index (χ4n) is 2.25. The summed E-state index contributed by atoms with van der Waals surface area (Å²) in [7, 11) is 1.30. The Labute approximate surface area is 154 Å². The van der Waals surface area contributed by atoms with Gasteiger partial charge < -0.3 is 15.4 Å². The Hall–Kier alpha value is -3.81. The van der Waals surface area contributed by atoms with E-state index in [2.05, 4.69) is 25.3 Å². The number of para-hydroxylation sites is 1. The van der Waals surface area contributed by atoms with Gasteiger partial charge in [-0.05, 0) is 30.3 Å². The van der Waals surface area contributed by atoms with E-state index in [0.29, 0.717) is 17.1 Å². The molecule has 7 nitrogen and oxygen atoms in total. The number of nitrogens with one attached hydrogen (secondary N) is 2. The maximum absolute atomic E-state index is 13.6. The molecule has 8 heteroatoms. The lowest BCUT2D eigenvalue weighted by Crippen LogP contribution is -2.15. The van der Waals surface area contributed by atoms with E-state index in [0.717, 1.165) is 0 Å². The molecule has 27 heavy (non-hydrogen) atoms. The highest BCUT2D eigenvalue weighted by atomic mass is 19.1. The zero-order chi connectivity index (χ0) is 19.2. The van der Waals surface area contributed by atoms with Gasteiger partial charge in [0.1, 0.15) is 17.3 Å². The average molecular weight is 366 g/mol. The fourth-order valence-corrected chi connectivity index (χ4v) is 2.25. The number of ether oxygens (including phenoxy) is 1. The van der Waals surface area contributed by atoms with E-state index >= 15 is 0 Å². The first-order valence-electron chi connectivity index (χ1n) is 7.90. The van der Waals surface area contributed by atoms with Gasteiger partial charge in [-0.2, -0.15) is 0 Å². The molecule has 0 unspecified atom stereocenters. The van der Waals surface area contributed by atoms with Crippen molar-refractivity contribution in [3.63, 3.8) is 0 Å². The van der Waals surface area contributed by atoms with Crippen LogP contribution in [-0.2, 0) is 4.74 Å². The molecule has 0 aliphatic carbocycles. The number of rotatable bonds is 5. The molecule has 0 radical (unpaired) electrons. The van der Waals surface area contributed by atoms with E-state index in [1.807, 2.05) is 0 Å². The maximum atomic E-state index is 13.6. The van der Waals surface area contributed by atoms with Gasteiger partial charge in [0.05, 0.1) is 30.8 Å². The van der Waals surface area contributed by atoms with Crippen LogP contribution in [0.4, 0.5) is 21.6 Å². The first kappa shape index (κ1) is 18.0. The number of methoxy groups -OCH3 is 1. The highest BCUT2D eigenvalue weighted by molar-refractivity contribution is 6.02. The number of nitrogens with zero attached hydrogens (tertiary/aromatic N) is 2. The van der Waals surface area contributed by atoms with Crippen molar-refractivity contribution in [1.82, 2.24) is 9.97 Å². The number of esters is 1. The van der Waals surface area contributed by atoms with Crippen LogP contribution in [0.1, 0.15) is 20.8 Å². The Morgan fingerprint density at radius 1 is 1.04 bits per heavy atom. The van der Waals surface area contributed by atoms with E-state index < -0.39 is 17.7 Å². The van der Waals surface area contributed by atoms with Crippen LogP contribution in [0.25, 0.3) is 0 Å². The quantitative estimate of drug-likeness (QED) is 0.672. The van der Waals surface area contributed by atoms with Crippen LogP contribution in [0.15, 0.2) is 60.9 Å². The molecule has 1 aromatic heterocycles. The molecule has 0 aliphatic rings. The van der Waals surface area contributed by atoms with Gasteiger partial charge in [0.25, 0.3) is 5.91 Å². The van der Waals surface area contributed by atoms with Gasteiger partial charge in [-0.15, -0.1) is 0 Å². The van der Waals surface area contributed by atoms with Crippen molar-refractivity contribution in [3.05, 3.63) is 78.0 Å². The summed E-state index contributed by atoms with van der Waals surface area (Å²) >= 11 is 0. The van der Waals surface area contributed by atoms with Gasteiger partial charge in [-0.1, -0.05) is 18.2 Å². The van der Waals surface area contributed by atoms with Gasteiger partial charge >= 0.3 is 5.97 Å². The minimum atomic E-state index is -0.577. The summed E-state index contributed by atoms with van der Waals surface area (Å²) in [5, 5.41) is 5.41. The zero-order valence-electron chi connectivity index (χ0n) is 14.3. The summed E-state index contributed by atoms with van der Waals surface area (Å²) in [6, 6.07) is 12.5. The first-order chi connectivity index (χ1) is 13.1. The molecular formula is C19H15FN4O3. The van der Waals surface area contributed by atoms with Crippen molar-refractivity contribution in [2.24, 2.45) is 0 Å². The fraction of sp³-hybridized carbons (Fsp3) is 0.0526. The Balaban J connectivity index is 1.69. The highest BCUT2D eigenvalue weighted by Crippen LogP contribution is 2.17. The van der Waals surface area contributed by atoms with Crippen LogP contribution < -0.4 is 10.6 Å². The van der Waals surface area contributed by atoms with E-state index in [-0.39, 0.29) is 11.4 Å². The molecule has 0 bridgehead atoms. The van der Waals surface area contributed by atoms with E-state index in [1.165, 1.54) is 37.7 Å². The smallest absolute Gasteiger partial charge is 0.337 e. The Morgan fingerprint density at radius 3 is 2.56 bits per heavy atom. The molecule has 2 aromatic carbocycles. The normalized spacial score (nSPS) is 10.1. The van der Waals surface area contributed by atoms with E-state index in [4.69, 9.17) is 0 Å². The third-order valence-electron chi connectivity index (χ3n) is 3.56. The molecule has 0 aliphatic heterocycles. The molecule has 1 heterocycles. The van der Waals surface area contributed by atoms with Crippen molar-refractivity contribution in [3.8, 4) is 0 Å². The molecule has 0 atom stereocenters. The molecule has 0 spiro atoms. The molecule has 1 amide bonds. The Bertz CT molecular complexity index is 977. The molecule has 0 saturated heterocycles. The number of amides is 1. The predicted molar refractivity (Wildman–Crippen MR) is 97.4 cm³/mol. The third kappa shape index (κ3) is 4.43. The van der Waals surface area contributed by atoms with Crippen LogP contribution in [0.3, 0.4) is 0 Å². The number of hydrogen-bond acceptors (Lipinski definition) is 6. The minimum Gasteiger partial charge on any atom is -0.465 e. The number of halogens is 1. The van der Waals surface area contributed by atoms with E-state index in [1.54, 1.807) is 30.3 Å². The summed E-state index contributed by atoms with van der Waals surface area (Å²) in [5.74, 6) is -1.20. The lowest BCUT2D eigenvalue weighted by atomic mass is 10.2. The Kier molecular flexibility index (Phi) is 5.36. The van der Waals surface area contributed by atoms with Gasteiger partial charge in [-0.25, -0.2) is 19.2 Å². The number of carbonyl (C=O) groups is 2. The number of hydrogen-bond donors (Lipinski definition) is 2. The van der Waals surface area contributed by atoms with Crippen molar-refractivity contribution in [2.45, 2.75) is 0 Å². The summed E-state index contributed by atoms with van der Waals surface area (Å²) in [5.41, 5.74) is 1.09. The lowest BCUT2D eigenvalue weighted by molar-refractivity contribution is 0.0600.